The van der Waals surface area contributed by atoms with Crippen LogP contribution in [0.1, 0.15) is 26.3 Å². The molecule has 2 rings (SSSR count). The number of rotatable bonds is 2. The minimum Gasteiger partial charge on any atom is -0.478 e. The summed E-state index contributed by atoms with van der Waals surface area (Å²) < 4.78 is 0. The average molecular weight is 264 g/mol. The van der Waals surface area contributed by atoms with E-state index in [0.717, 1.165) is 0 Å². The first-order valence-corrected chi connectivity index (χ1v) is 6.01. The van der Waals surface area contributed by atoms with Crippen LogP contribution >= 0.6 is 11.3 Å². The third kappa shape index (κ3) is 3.71. The maximum Gasteiger partial charge on any atom is 0.335 e. The zero-order valence-corrected chi connectivity index (χ0v) is 10.5. The molecule has 1 heterocycles. The fourth-order valence-corrected chi connectivity index (χ4v) is 1.78. The summed E-state index contributed by atoms with van der Waals surface area (Å²) in [7, 11) is 0. The van der Waals surface area contributed by atoms with E-state index in [0.29, 0.717) is 0 Å². The Morgan fingerprint density at radius 3 is 1.67 bits per heavy atom. The molecule has 4 nitrogen and oxygen atoms in total. The number of benzene rings is 1. The van der Waals surface area contributed by atoms with Crippen LogP contribution in [0.15, 0.2) is 41.1 Å². The lowest BCUT2D eigenvalue weighted by Crippen LogP contribution is -2.06. The summed E-state index contributed by atoms with van der Waals surface area (Å²) in [5, 5.41) is 21.4. The lowest BCUT2D eigenvalue weighted by molar-refractivity contribution is 0.0696. The third-order valence-electron chi connectivity index (χ3n) is 2.22. The Bertz CT molecular complexity index is 482. The molecule has 1 aromatic carbocycles. The molecular weight excluding hydrogens is 252 g/mol. The summed E-state index contributed by atoms with van der Waals surface area (Å²) >= 11 is 1.71. The molecule has 0 unspecified atom stereocenters. The second kappa shape index (κ2) is 6.56. The molecule has 0 fully saturated rings. The van der Waals surface area contributed by atoms with Gasteiger partial charge in [-0.25, -0.2) is 9.59 Å². The highest BCUT2D eigenvalue weighted by atomic mass is 32.1. The number of carbonyl (C=O) groups is 2. The minimum absolute atomic E-state index is 0.0277. The molecule has 1 aromatic heterocycles. The second-order valence-corrected chi connectivity index (χ2v) is 4.20. The summed E-state index contributed by atoms with van der Waals surface area (Å²) in [5.74, 6) is -2.22. The van der Waals surface area contributed by atoms with Gasteiger partial charge in [-0.05, 0) is 35.4 Å². The second-order valence-electron chi connectivity index (χ2n) is 3.38. The van der Waals surface area contributed by atoms with Gasteiger partial charge in [0.05, 0.1) is 11.1 Å². The Morgan fingerprint density at radius 1 is 0.944 bits per heavy atom. The van der Waals surface area contributed by atoms with Gasteiger partial charge in [-0.2, -0.15) is 11.3 Å². The van der Waals surface area contributed by atoms with E-state index in [2.05, 4.69) is 0 Å². The van der Waals surface area contributed by atoms with E-state index in [-0.39, 0.29) is 16.7 Å². The fourth-order valence-electron chi connectivity index (χ4n) is 1.33. The number of hydrogen-bond acceptors (Lipinski definition) is 3. The maximum atomic E-state index is 10.6. The fraction of sp³-hybridized carbons (Fsp3) is 0.0769. The van der Waals surface area contributed by atoms with Gasteiger partial charge >= 0.3 is 11.9 Å². The first-order valence-electron chi connectivity index (χ1n) is 5.07. The third-order valence-corrected chi connectivity index (χ3v) is 2.85. The predicted octanol–water partition coefficient (Wildman–Crippen LogP) is 3.14. The standard InChI is InChI=1S/C9H8O4.C4H4S/c1-5-6(8(10)11)3-2-4-7(5)9(12)13;1-2-4-5-3-1/h2-4H,1H3,(H,10,11)(H,12,13);1-4H. The van der Waals surface area contributed by atoms with Crippen molar-refractivity contribution in [3.63, 3.8) is 0 Å². The van der Waals surface area contributed by atoms with Crippen molar-refractivity contribution >= 4 is 23.3 Å². The van der Waals surface area contributed by atoms with Crippen LogP contribution in [-0.4, -0.2) is 22.2 Å². The molecule has 0 aliphatic heterocycles. The number of thiophene rings is 1. The van der Waals surface area contributed by atoms with Crippen LogP contribution in [0.2, 0.25) is 0 Å². The molecule has 0 radical (unpaired) electrons. The first kappa shape index (κ1) is 13.9. The van der Waals surface area contributed by atoms with Crippen molar-refractivity contribution in [1.82, 2.24) is 0 Å². The van der Waals surface area contributed by atoms with Crippen molar-refractivity contribution in [1.29, 1.82) is 0 Å². The summed E-state index contributed by atoms with van der Waals surface area (Å²) in [5.41, 5.74) is 0.335. The van der Waals surface area contributed by atoms with Gasteiger partial charge in [-0.3, -0.25) is 0 Å². The van der Waals surface area contributed by atoms with Crippen LogP contribution in [-0.2, 0) is 0 Å². The van der Waals surface area contributed by atoms with Crippen molar-refractivity contribution < 1.29 is 19.8 Å². The van der Waals surface area contributed by atoms with Gasteiger partial charge in [-0.1, -0.05) is 18.2 Å². The smallest absolute Gasteiger partial charge is 0.335 e. The normalized spacial score (nSPS) is 9.17. The molecule has 2 aromatic rings. The minimum atomic E-state index is -1.11. The van der Waals surface area contributed by atoms with Crippen LogP contribution in [0.3, 0.4) is 0 Å². The Hall–Kier alpha value is -2.14. The van der Waals surface area contributed by atoms with Gasteiger partial charge in [-0.15, -0.1) is 0 Å². The predicted molar refractivity (Wildman–Crippen MR) is 69.4 cm³/mol. The van der Waals surface area contributed by atoms with Gasteiger partial charge in [0.2, 0.25) is 0 Å². The molecule has 0 amide bonds. The quantitative estimate of drug-likeness (QED) is 0.873. The molecule has 2 N–H and O–H groups in total. The van der Waals surface area contributed by atoms with Gasteiger partial charge < -0.3 is 10.2 Å². The molecule has 0 saturated heterocycles. The summed E-state index contributed by atoms with van der Waals surface area (Å²) in [6.07, 6.45) is 0. The van der Waals surface area contributed by atoms with Crippen LogP contribution in [0.4, 0.5) is 0 Å². The van der Waals surface area contributed by atoms with Crippen LogP contribution in [0.5, 0.6) is 0 Å². The largest absolute Gasteiger partial charge is 0.478 e. The molecule has 0 spiro atoms. The number of hydrogen-bond donors (Lipinski definition) is 2. The van der Waals surface area contributed by atoms with Gasteiger partial charge in [0.25, 0.3) is 0 Å². The maximum absolute atomic E-state index is 10.6. The molecule has 0 bridgehead atoms. The van der Waals surface area contributed by atoms with Crippen molar-refractivity contribution in [2.45, 2.75) is 6.92 Å². The highest BCUT2D eigenvalue weighted by molar-refractivity contribution is 7.07. The monoisotopic (exact) mass is 264 g/mol. The highest BCUT2D eigenvalue weighted by Crippen LogP contribution is 2.13. The summed E-state index contributed by atoms with van der Waals surface area (Å²) in [6.45, 7) is 1.48. The number of carboxylic acids is 2. The topological polar surface area (TPSA) is 74.6 Å². The lowest BCUT2D eigenvalue weighted by Gasteiger charge is -2.03. The van der Waals surface area contributed by atoms with Gasteiger partial charge in [0.1, 0.15) is 0 Å². The zero-order chi connectivity index (χ0) is 13.5. The average Bonchev–Trinajstić information content (AvgIpc) is 2.87. The van der Waals surface area contributed by atoms with Crippen molar-refractivity contribution in [3.05, 3.63) is 57.8 Å². The van der Waals surface area contributed by atoms with E-state index < -0.39 is 11.9 Å². The van der Waals surface area contributed by atoms with Crippen molar-refractivity contribution in [2.24, 2.45) is 0 Å². The van der Waals surface area contributed by atoms with Gasteiger partial charge in [0.15, 0.2) is 0 Å². The first-order chi connectivity index (χ1) is 8.54. The Balaban J connectivity index is 0.000000269. The molecule has 18 heavy (non-hydrogen) atoms. The lowest BCUT2D eigenvalue weighted by atomic mass is 10.0. The molecule has 94 valence electrons. The zero-order valence-electron chi connectivity index (χ0n) is 9.66. The van der Waals surface area contributed by atoms with Gasteiger partial charge in [0, 0.05) is 0 Å². The summed E-state index contributed by atoms with van der Waals surface area (Å²) in [6, 6.07) is 8.21. The van der Waals surface area contributed by atoms with E-state index in [9.17, 15) is 9.59 Å². The Morgan fingerprint density at radius 2 is 1.39 bits per heavy atom. The highest BCUT2D eigenvalue weighted by Gasteiger charge is 2.13. The van der Waals surface area contributed by atoms with Crippen molar-refractivity contribution in [3.8, 4) is 0 Å². The van der Waals surface area contributed by atoms with E-state index in [1.54, 1.807) is 11.3 Å². The van der Waals surface area contributed by atoms with Crippen LogP contribution < -0.4 is 0 Å². The number of carboxylic acid groups (broad SMARTS) is 2. The SMILES string of the molecule is Cc1c(C(=O)O)cccc1C(=O)O.c1ccsc1. The molecular formula is C13H12O4S. The summed E-state index contributed by atoms with van der Waals surface area (Å²) in [4.78, 5) is 21.2. The van der Waals surface area contributed by atoms with E-state index in [1.807, 2.05) is 22.9 Å². The molecule has 5 heteroatoms. The van der Waals surface area contributed by atoms with E-state index >= 15 is 0 Å². The molecule has 0 atom stereocenters. The Labute approximate surface area is 108 Å². The van der Waals surface area contributed by atoms with E-state index in [1.165, 1.54) is 25.1 Å². The number of aromatic carboxylic acids is 2. The molecule has 0 saturated carbocycles. The van der Waals surface area contributed by atoms with Crippen LogP contribution in [0, 0.1) is 6.92 Å². The van der Waals surface area contributed by atoms with Crippen LogP contribution in [0.25, 0.3) is 0 Å². The molecule has 0 aliphatic rings. The molecule has 0 aliphatic carbocycles. The van der Waals surface area contributed by atoms with E-state index in [4.69, 9.17) is 10.2 Å². The van der Waals surface area contributed by atoms with Crippen molar-refractivity contribution in [2.75, 3.05) is 0 Å². The Kier molecular flexibility index (Phi) is 5.07.